The number of nitrogens with zero attached hydrogens (tertiary/aromatic N) is 2. The van der Waals surface area contributed by atoms with E-state index in [9.17, 15) is 9.59 Å². The molecule has 0 saturated heterocycles. The number of rotatable bonds is 8. The van der Waals surface area contributed by atoms with Gasteiger partial charge in [0.2, 0.25) is 5.91 Å². The van der Waals surface area contributed by atoms with E-state index < -0.39 is 6.04 Å². The van der Waals surface area contributed by atoms with Gasteiger partial charge in [0.15, 0.2) is 0 Å². The number of anilines is 1. The first-order chi connectivity index (χ1) is 16.4. The normalized spacial score (nSPS) is 13.8. The Morgan fingerprint density at radius 3 is 2.62 bits per heavy atom. The molecule has 0 spiro atoms. The Kier molecular flexibility index (Phi) is 7.30. The number of fused-ring (bicyclic) bond motifs is 1. The number of carbonyl (C=O) groups is 2. The third kappa shape index (κ3) is 5.47. The molecule has 4 rings (SSSR count). The van der Waals surface area contributed by atoms with Gasteiger partial charge < -0.3 is 19.9 Å². The number of nitrogens with one attached hydrogen (secondary N) is 2. The largest absolute Gasteiger partial charge is 0.494 e. The predicted molar refractivity (Wildman–Crippen MR) is 133 cm³/mol. The molecule has 3 aromatic rings. The SMILES string of the molecule is CCOc1ccc(C(=O)NC(C(=O)Nc2cccc(-c3cn4c(n3)CCCC4)c2)C(C)C)cc1. The van der Waals surface area contributed by atoms with Crippen LogP contribution in [0.4, 0.5) is 5.69 Å². The van der Waals surface area contributed by atoms with E-state index in [1.807, 2.05) is 45.0 Å². The molecular weight excluding hydrogens is 428 g/mol. The molecule has 0 fully saturated rings. The predicted octanol–water partition coefficient (Wildman–Crippen LogP) is 4.68. The van der Waals surface area contributed by atoms with E-state index in [-0.39, 0.29) is 17.7 Å². The minimum absolute atomic E-state index is 0.0882. The number of amides is 2. The van der Waals surface area contributed by atoms with E-state index in [0.717, 1.165) is 30.0 Å². The van der Waals surface area contributed by atoms with E-state index >= 15 is 0 Å². The molecule has 2 aromatic carbocycles. The Balaban J connectivity index is 1.45. The number of carbonyl (C=O) groups excluding carboxylic acids is 2. The molecule has 0 bridgehead atoms. The van der Waals surface area contributed by atoms with Crippen molar-refractivity contribution in [3.63, 3.8) is 0 Å². The summed E-state index contributed by atoms with van der Waals surface area (Å²) < 4.78 is 7.65. The van der Waals surface area contributed by atoms with Gasteiger partial charge in [-0.1, -0.05) is 26.0 Å². The lowest BCUT2D eigenvalue weighted by atomic mass is 10.0. The van der Waals surface area contributed by atoms with Crippen molar-refractivity contribution in [3.8, 4) is 17.0 Å². The van der Waals surface area contributed by atoms with Crippen molar-refractivity contribution in [1.29, 1.82) is 0 Å². The Morgan fingerprint density at radius 1 is 1.12 bits per heavy atom. The topological polar surface area (TPSA) is 85.2 Å². The summed E-state index contributed by atoms with van der Waals surface area (Å²) in [4.78, 5) is 30.7. The molecule has 1 atom stereocenters. The molecule has 1 aliphatic rings. The van der Waals surface area contributed by atoms with E-state index in [1.165, 1.54) is 12.8 Å². The summed E-state index contributed by atoms with van der Waals surface area (Å²) in [5, 5.41) is 5.85. The summed E-state index contributed by atoms with van der Waals surface area (Å²) in [5.74, 6) is 1.18. The Labute approximate surface area is 200 Å². The van der Waals surface area contributed by atoms with E-state index in [2.05, 4.69) is 21.4 Å². The molecule has 2 N–H and O–H groups in total. The fourth-order valence-electron chi connectivity index (χ4n) is 4.16. The fourth-order valence-corrected chi connectivity index (χ4v) is 4.16. The van der Waals surface area contributed by atoms with E-state index in [1.54, 1.807) is 24.3 Å². The molecule has 0 aliphatic carbocycles. The molecule has 1 aliphatic heterocycles. The monoisotopic (exact) mass is 460 g/mol. The van der Waals surface area contributed by atoms with Gasteiger partial charge in [0, 0.05) is 36.0 Å². The van der Waals surface area contributed by atoms with Crippen molar-refractivity contribution in [2.24, 2.45) is 5.92 Å². The van der Waals surface area contributed by atoms with Gasteiger partial charge in [0.25, 0.3) is 5.91 Å². The van der Waals surface area contributed by atoms with Crippen LogP contribution in [0.15, 0.2) is 54.7 Å². The number of hydrogen-bond acceptors (Lipinski definition) is 4. The number of aryl methyl sites for hydroxylation is 2. The second-order valence-corrected chi connectivity index (χ2v) is 8.92. The zero-order valence-electron chi connectivity index (χ0n) is 20.0. The number of imidazole rings is 1. The average Bonchev–Trinajstić information content (AvgIpc) is 3.27. The maximum atomic E-state index is 13.1. The second-order valence-electron chi connectivity index (χ2n) is 8.92. The van der Waals surface area contributed by atoms with Crippen molar-refractivity contribution in [3.05, 3.63) is 66.1 Å². The lowest BCUT2D eigenvalue weighted by molar-refractivity contribution is -0.118. The highest BCUT2D eigenvalue weighted by Gasteiger charge is 2.25. The maximum Gasteiger partial charge on any atom is 0.251 e. The smallest absolute Gasteiger partial charge is 0.251 e. The zero-order valence-corrected chi connectivity index (χ0v) is 20.0. The van der Waals surface area contributed by atoms with Gasteiger partial charge in [-0.15, -0.1) is 0 Å². The summed E-state index contributed by atoms with van der Waals surface area (Å²) in [6, 6.07) is 13.9. The van der Waals surface area contributed by atoms with Crippen molar-refractivity contribution < 1.29 is 14.3 Å². The molecule has 178 valence electrons. The standard InChI is InChI=1S/C27H32N4O3/c1-4-34-22-13-11-19(12-14-22)26(32)30-25(18(2)3)27(33)28-21-9-7-8-20(16-21)23-17-31-15-6-5-10-24(31)29-23/h7-9,11-14,16-18,25H,4-6,10,15H2,1-3H3,(H,28,33)(H,30,32). The summed E-state index contributed by atoms with van der Waals surface area (Å²) in [6.07, 6.45) is 5.44. The van der Waals surface area contributed by atoms with Crippen LogP contribution in [0.1, 0.15) is 49.8 Å². The van der Waals surface area contributed by atoms with Crippen molar-refractivity contribution >= 4 is 17.5 Å². The minimum Gasteiger partial charge on any atom is -0.494 e. The summed E-state index contributed by atoms with van der Waals surface area (Å²) in [5.41, 5.74) is 3.03. The van der Waals surface area contributed by atoms with Gasteiger partial charge in [-0.05, 0) is 62.1 Å². The van der Waals surface area contributed by atoms with Crippen LogP contribution in [-0.4, -0.2) is 34.0 Å². The van der Waals surface area contributed by atoms with Crippen LogP contribution in [-0.2, 0) is 17.8 Å². The first-order valence-corrected chi connectivity index (χ1v) is 12.0. The number of benzene rings is 2. The van der Waals surface area contributed by atoms with Crippen LogP contribution in [0.5, 0.6) is 5.75 Å². The van der Waals surface area contributed by atoms with Crippen molar-refractivity contribution in [1.82, 2.24) is 14.9 Å². The number of ether oxygens (including phenoxy) is 1. The van der Waals surface area contributed by atoms with Crippen LogP contribution in [0, 0.1) is 5.92 Å². The van der Waals surface area contributed by atoms with Crippen LogP contribution < -0.4 is 15.4 Å². The zero-order chi connectivity index (χ0) is 24.1. The lowest BCUT2D eigenvalue weighted by Crippen LogP contribution is -2.47. The molecule has 1 unspecified atom stereocenters. The molecule has 0 radical (unpaired) electrons. The first-order valence-electron chi connectivity index (χ1n) is 12.0. The van der Waals surface area contributed by atoms with Gasteiger partial charge in [0.1, 0.15) is 17.6 Å². The van der Waals surface area contributed by atoms with Gasteiger partial charge in [-0.2, -0.15) is 0 Å². The van der Waals surface area contributed by atoms with Gasteiger partial charge in [-0.25, -0.2) is 4.98 Å². The van der Waals surface area contributed by atoms with Crippen LogP contribution in [0.25, 0.3) is 11.3 Å². The first kappa shape index (κ1) is 23.5. The third-order valence-electron chi connectivity index (χ3n) is 6.00. The Hall–Kier alpha value is -3.61. The van der Waals surface area contributed by atoms with Gasteiger partial charge >= 0.3 is 0 Å². The van der Waals surface area contributed by atoms with Crippen molar-refractivity contribution in [2.45, 2.75) is 52.6 Å². The second kappa shape index (κ2) is 10.5. The molecule has 2 amide bonds. The van der Waals surface area contributed by atoms with E-state index in [4.69, 9.17) is 9.72 Å². The fraction of sp³-hybridized carbons (Fsp3) is 0.370. The van der Waals surface area contributed by atoms with Crippen LogP contribution in [0.2, 0.25) is 0 Å². The molecule has 34 heavy (non-hydrogen) atoms. The lowest BCUT2D eigenvalue weighted by Gasteiger charge is -2.22. The average molecular weight is 461 g/mol. The molecule has 1 aromatic heterocycles. The molecule has 7 heteroatoms. The minimum atomic E-state index is -0.678. The number of aromatic nitrogens is 2. The number of hydrogen-bond donors (Lipinski definition) is 2. The molecule has 7 nitrogen and oxygen atoms in total. The highest BCUT2D eigenvalue weighted by atomic mass is 16.5. The molecular formula is C27H32N4O3. The third-order valence-corrected chi connectivity index (χ3v) is 6.00. The highest BCUT2D eigenvalue weighted by Crippen LogP contribution is 2.25. The van der Waals surface area contributed by atoms with Gasteiger partial charge in [0.05, 0.1) is 12.3 Å². The highest BCUT2D eigenvalue weighted by molar-refractivity contribution is 6.01. The van der Waals surface area contributed by atoms with Crippen molar-refractivity contribution in [2.75, 3.05) is 11.9 Å². The molecule has 2 heterocycles. The van der Waals surface area contributed by atoms with E-state index in [0.29, 0.717) is 23.6 Å². The quantitative estimate of drug-likeness (QED) is 0.511. The Bertz CT molecular complexity index is 1130. The van der Waals surface area contributed by atoms with Crippen LogP contribution >= 0.6 is 0 Å². The summed E-state index contributed by atoms with van der Waals surface area (Å²) in [6.45, 7) is 7.29. The Morgan fingerprint density at radius 2 is 1.91 bits per heavy atom. The summed E-state index contributed by atoms with van der Waals surface area (Å²) >= 11 is 0. The van der Waals surface area contributed by atoms with Gasteiger partial charge in [-0.3, -0.25) is 9.59 Å². The maximum absolute atomic E-state index is 13.1. The molecule has 0 saturated carbocycles. The van der Waals surface area contributed by atoms with Crippen LogP contribution in [0.3, 0.4) is 0 Å². The summed E-state index contributed by atoms with van der Waals surface area (Å²) in [7, 11) is 0.